The number of nitrogens with one attached hydrogen (secondary N) is 2. The highest BCUT2D eigenvalue weighted by molar-refractivity contribution is 6.34. The van der Waals surface area contributed by atoms with Crippen molar-refractivity contribution in [2.45, 2.75) is 12.8 Å². The van der Waals surface area contributed by atoms with Crippen molar-refractivity contribution in [3.63, 3.8) is 0 Å². The molecule has 3 aromatic rings. The lowest BCUT2D eigenvalue weighted by molar-refractivity contribution is -0.110. The Kier molecular flexibility index (Phi) is 5.60. The molecule has 2 aliphatic rings. The third-order valence-corrected chi connectivity index (χ3v) is 5.97. The number of anilines is 1. The maximum atomic E-state index is 12.4. The summed E-state index contributed by atoms with van der Waals surface area (Å²) in [4.78, 5) is 27.1. The van der Waals surface area contributed by atoms with Crippen LogP contribution in [-0.4, -0.2) is 42.9 Å². The normalized spacial score (nSPS) is 16.9. The molecule has 0 saturated carbocycles. The molecule has 0 atom stereocenters. The first-order chi connectivity index (χ1) is 15.7. The third kappa shape index (κ3) is 4.22. The van der Waals surface area contributed by atoms with Gasteiger partial charge in [0.25, 0.3) is 11.8 Å². The minimum Gasteiger partial charge on any atom is -0.457 e. The monoisotopic (exact) mass is 427 g/mol. The molecule has 162 valence electrons. The molecule has 1 aromatic heterocycles. The summed E-state index contributed by atoms with van der Waals surface area (Å²) in [6.45, 7) is 3.82. The van der Waals surface area contributed by atoms with Crippen molar-refractivity contribution in [2.75, 3.05) is 31.5 Å². The molecule has 1 saturated heterocycles. The summed E-state index contributed by atoms with van der Waals surface area (Å²) in [7, 11) is 0. The fourth-order valence-corrected chi connectivity index (χ4v) is 4.23. The predicted octanol–water partition coefficient (Wildman–Crippen LogP) is 4.26. The van der Waals surface area contributed by atoms with Gasteiger partial charge in [-0.1, -0.05) is 30.3 Å². The van der Waals surface area contributed by atoms with Gasteiger partial charge in [-0.15, -0.1) is 0 Å². The molecule has 1 fully saturated rings. The van der Waals surface area contributed by atoms with Crippen molar-refractivity contribution in [1.29, 1.82) is 0 Å². The second-order valence-corrected chi connectivity index (χ2v) is 8.14. The molecule has 6 nitrogen and oxygen atoms in total. The molecule has 2 aliphatic heterocycles. The van der Waals surface area contributed by atoms with Gasteiger partial charge in [-0.25, -0.2) is 0 Å². The van der Waals surface area contributed by atoms with Crippen LogP contribution in [0.25, 0.3) is 23.0 Å². The number of para-hydroxylation sites is 1. The maximum absolute atomic E-state index is 12.4. The van der Waals surface area contributed by atoms with Crippen molar-refractivity contribution < 1.29 is 14.0 Å². The van der Waals surface area contributed by atoms with Crippen LogP contribution in [0.1, 0.15) is 34.5 Å². The van der Waals surface area contributed by atoms with Crippen LogP contribution in [0.5, 0.6) is 0 Å². The summed E-state index contributed by atoms with van der Waals surface area (Å²) in [5, 5.41) is 5.86. The molecule has 0 spiro atoms. The largest absolute Gasteiger partial charge is 0.457 e. The lowest BCUT2D eigenvalue weighted by atomic mass is 10.1. The Hall–Kier alpha value is -3.64. The molecule has 0 radical (unpaired) electrons. The Labute approximate surface area is 186 Å². The highest BCUT2D eigenvalue weighted by Crippen LogP contribution is 2.33. The van der Waals surface area contributed by atoms with E-state index in [1.807, 2.05) is 60.7 Å². The van der Waals surface area contributed by atoms with E-state index in [0.717, 1.165) is 36.4 Å². The molecule has 0 unspecified atom stereocenters. The van der Waals surface area contributed by atoms with E-state index in [0.29, 0.717) is 29.2 Å². The van der Waals surface area contributed by atoms with Gasteiger partial charge in [0.05, 0.1) is 5.57 Å². The molecule has 6 heteroatoms. The molecule has 5 rings (SSSR count). The van der Waals surface area contributed by atoms with Crippen molar-refractivity contribution in [3.8, 4) is 11.3 Å². The van der Waals surface area contributed by atoms with Gasteiger partial charge >= 0.3 is 0 Å². The number of carbonyl (C=O) groups is 2. The van der Waals surface area contributed by atoms with E-state index in [-0.39, 0.29) is 11.8 Å². The van der Waals surface area contributed by atoms with Crippen molar-refractivity contribution in [1.82, 2.24) is 10.2 Å². The summed E-state index contributed by atoms with van der Waals surface area (Å²) in [6.07, 6.45) is 4.26. The second kappa shape index (κ2) is 8.85. The Morgan fingerprint density at radius 1 is 1.03 bits per heavy atom. The Morgan fingerprint density at radius 3 is 2.62 bits per heavy atom. The highest BCUT2D eigenvalue weighted by Gasteiger charge is 2.23. The van der Waals surface area contributed by atoms with Gasteiger partial charge < -0.3 is 20.0 Å². The molecule has 2 amide bonds. The number of hydrogen-bond acceptors (Lipinski definition) is 4. The smallest absolute Gasteiger partial charge is 0.256 e. The van der Waals surface area contributed by atoms with Crippen LogP contribution >= 0.6 is 0 Å². The van der Waals surface area contributed by atoms with E-state index in [4.69, 9.17) is 4.42 Å². The second-order valence-electron chi connectivity index (χ2n) is 8.14. The number of amides is 2. The SMILES string of the molecule is O=C1Nc2ccccc2C1=Cc1ccc(-c2ccc(C(=O)NCCN3CCCC3)cc2)o1. The zero-order valence-electron chi connectivity index (χ0n) is 17.8. The topological polar surface area (TPSA) is 74.6 Å². The number of nitrogens with zero attached hydrogens (tertiary/aromatic N) is 1. The number of furan rings is 1. The molecule has 0 bridgehead atoms. The van der Waals surface area contributed by atoms with E-state index < -0.39 is 0 Å². The first-order valence-corrected chi connectivity index (χ1v) is 11.0. The Morgan fingerprint density at radius 2 is 1.81 bits per heavy atom. The van der Waals surface area contributed by atoms with Crippen molar-refractivity contribution in [2.24, 2.45) is 0 Å². The van der Waals surface area contributed by atoms with Crippen LogP contribution in [0.15, 0.2) is 65.1 Å². The van der Waals surface area contributed by atoms with Gasteiger partial charge in [-0.3, -0.25) is 9.59 Å². The number of carbonyl (C=O) groups excluding carboxylic acids is 2. The van der Waals surface area contributed by atoms with Crippen molar-refractivity contribution in [3.05, 3.63) is 77.6 Å². The van der Waals surface area contributed by atoms with Crippen LogP contribution in [0.4, 0.5) is 5.69 Å². The quantitative estimate of drug-likeness (QED) is 0.577. The zero-order chi connectivity index (χ0) is 21.9. The molecule has 2 aromatic carbocycles. The summed E-state index contributed by atoms with van der Waals surface area (Å²) in [5.74, 6) is 1.09. The number of fused-ring (bicyclic) bond motifs is 1. The number of rotatable bonds is 6. The number of likely N-dealkylation sites (tertiary alicyclic amines) is 1. The summed E-state index contributed by atoms with van der Waals surface area (Å²) < 4.78 is 5.95. The minimum absolute atomic E-state index is 0.0634. The van der Waals surface area contributed by atoms with Crippen molar-refractivity contribution >= 4 is 29.2 Å². The fraction of sp³-hybridized carbons (Fsp3) is 0.231. The van der Waals surface area contributed by atoms with Gasteiger partial charge in [0.1, 0.15) is 11.5 Å². The van der Waals surface area contributed by atoms with E-state index in [2.05, 4.69) is 15.5 Å². The molecule has 32 heavy (non-hydrogen) atoms. The van der Waals surface area contributed by atoms with Crippen LogP contribution in [-0.2, 0) is 4.79 Å². The van der Waals surface area contributed by atoms with Crippen LogP contribution in [0, 0.1) is 0 Å². The Balaban J connectivity index is 1.24. The molecular weight excluding hydrogens is 402 g/mol. The fourth-order valence-electron chi connectivity index (χ4n) is 4.23. The van der Waals surface area contributed by atoms with Gasteiger partial charge in [-0.2, -0.15) is 0 Å². The minimum atomic E-state index is -0.135. The first-order valence-electron chi connectivity index (χ1n) is 11.0. The van der Waals surface area contributed by atoms with Crippen LogP contribution in [0.2, 0.25) is 0 Å². The highest BCUT2D eigenvalue weighted by atomic mass is 16.3. The number of benzene rings is 2. The van der Waals surface area contributed by atoms with Gasteiger partial charge in [0, 0.05) is 35.5 Å². The van der Waals surface area contributed by atoms with E-state index in [9.17, 15) is 9.59 Å². The average molecular weight is 428 g/mol. The molecular formula is C26H25N3O3. The van der Waals surface area contributed by atoms with Crippen LogP contribution in [0.3, 0.4) is 0 Å². The molecule has 3 heterocycles. The van der Waals surface area contributed by atoms with E-state index in [1.54, 1.807) is 6.08 Å². The summed E-state index contributed by atoms with van der Waals surface area (Å²) >= 11 is 0. The lowest BCUT2D eigenvalue weighted by Gasteiger charge is -2.14. The molecule has 0 aliphatic carbocycles. The lowest BCUT2D eigenvalue weighted by Crippen LogP contribution is -2.33. The molecule has 2 N–H and O–H groups in total. The standard InChI is InChI=1S/C26H25N3O3/c30-25(27-13-16-29-14-3-4-15-29)19-9-7-18(8-10-19)24-12-11-20(32-24)17-22-21-5-1-2-6-23(21)28-26(22)31/h1-2,5-12,17H,3-4,13-16H2,(H,27,30)(H,28,31). The first kappa shape index (κ1) is 20.3. The third-order valence-electron chi connectivity index (χ3n) is 5.97. The van der Waals surface area contributed by atoms with Gasteiger partial charge in [0.2, 0.25) is 0 Å². The number of hydrogen-bond donors (Lipinski definition) is 2. The average Bonchev–Trinajstić information content (AvgIpc) is 3.56. The van der Waals surface area contributed by atoms with Crippen LogP contribution < -0.4 is 10.6 Å². The Bertz CT molecular complexity index is 1170. The van der Waals surface area contributed by atoms with E-state index >= 15 is 0 Å². The van der Waals surface area contributed by atoms with E-state index in [1.165, 1.54) is 12.8 Å². The predicted molar refractivity (Wildman–Crippen MR) is 125 cm³/mol. The zero-order valence-corrected chi connectivity index (χ0v) is 17.8. The van der Waals surface area contributed by atoms with Gasteiger partial charge in [-0.05, 0) is 62.3 Å². The summed E-state index contributed by atoms with van der Waals surface area (Å²) in [5.41, 5.74) is 3.77. The van der Waals surface area contributed by atoms with Gasteiger partial charge in [0.15, 0.2) is 0 Å². The summed E-state index contributed by atoms with van der Waals surface area (Å²) in [6, 6.07) is 18.7. The maximum Gasteiger partial charge on any atom is 0.256 e.